The molecule has 2 atom stereocenters. The number of primary amides is 1. The number of alkyl halides is 3. The van der Waals surface area contributed by atoms with Crippen LogP contribution in [-0.4, -0.2) is 41.2 Å². The van der Waals surface area contributed by atoms with Crippen LogP contribution in [0, 0.1) is 0 Å². The lowest BCUT2D eigenvalue weighted by Gasteiger charge is -2.26. The van der Waals surface area contributed by atoms with Crippen LogP contribution in [0.1, 0.15) is 24.8 Å². The zero-order valence-electron chi connectivity index (χ0n) is 16.1. The number of benzene rings is 1. The molecule has 0 spiro atoms. The molecule has 1 aliphatic rings. The Balaban J connectivity index is 1.78. The maximum absolute atomic E-state index is 12.8. The van der Waals surface area contributed by atoms with Gasteiger partial charge >= 0.3 is 11.8 Å². The molecule has 9 nitrogen and oxygen atoms in total. The van der Waals surface area contributed by atoms with Crippen LogP contribution in [0.5, 0.6) is 0 Å². The maximum Gasteiger partial charge on any atom is 0.423 e. The summed E-state index contributed by atoms with van der Waals surface area (Å²) in [6, 6.07) is 2.49. The number of nitrogens with one attached hydrogen (secondary N) is 1. The van der Waals surface area contributed by atoms with Gasteiger partial charge in [0, 0.05) is 23.7 Å². The third-order valence-corrected chi connectivity index (χ3v) is 4.89. The van der Waals surface area contributed by atoms with Crippen molar-refractivity contribution >= 4 is 34.4 Å². The fourth-order valence-electron chi connectivity index (χ4n) is 3.43. The van der Waals surface area contributed by atoms with Crippen molar-refractivity contribution in [1.82, 2.24) is 4.90 Å². The summed E-state index contributed by atoms with van der Waals surface area (Å²) in [7, 11) is 0. The smallest absolute Gasteiger partial charge is 0.422 e. The number of fused-ring (bicyclic) bond motifs is 1. The van der Waals surface area contributed by atoms with Gasteiger partial charge in [-0.3, -0.25) is 14.4 Å². The highest BCUT2D eigenvalue weighted by Gasteiger charge is 2.37. The molecule has 12 heteroatoms. The third-order valence-electron chi connectivity index (χ3n) is 4.89. The zero-order chi connectivity index (χ0) is 22.9. The van der Waals surface area contributed by atoms with Crippen molar-refractivity contribution in [3.8, 4) is 0 Å². The number of amides is 3. The molecule has 0 aliphatic carbocycles. The number of nitrogens with two attached hydrogens (primary N) is 2. The van der Waals surface area contributed by atoms with Crippen LogP contribution in [0.4, 0.5) is 18.9 Å². The molecule has 0 bridgehead atoms. The molecule has 166 valence electrons. The number of carbonyl (C=O) groups excluding carboxylic acids is 3. The lowest BCUT2D eigenvalue weighted by molar-refractivity contribution is -0.139. The van der Waals surface area contributed by atoms with Gasteiger partial charge in [-0.15, -0.1) is 0 Å². The molecule has 1 fully saturated rings. The van der Waals surface area contributed by atoms with Crippen molar-refractivity contribution in [3.63, 3.8) is 0 Å². The van der Waals surface area contributed by atoms with Crippen molar-refractivity contribution in [1.29, 1.82) is 0 Å². The summed E-state index contributed by atoms with van der Waals surface area (Å²) in [6.45, 7) is 0.274. The number of anilines is 1. The van der Waals surface area contributed by atoms with Crippen LogP contribution >= 0.6 is 0 Å². The predicted molar refractivity (Wildman–Crippen MR) is 103 cm³/mol. The number of hydrogen-bond acceptors (Lipinski definition) is 6. The van der Waals surface area contributed by atoms with E-state index in [1.165, 1.54) is 23.1 Å². The summed E-state index contributed by atoms with van der Waals surface area (Å²) >= 11 is 0. The summed E-state index contributed by atoms with van der Waals surface area (Å²) in [4.78, 5) is 49.0. The lowest BCUT2D eigenvalue weighted by atomic mass is 10.1. The highest BCUT2D eigenvalue weighted by Crippen LogP contribution is 2.29. The van der Waals surface area contributed by atoms with Crippen LogP contribution in [0.25, 0.3) is 11.0 Å². The molecular formula is C19H19F3N4O5. The van der Waals surface area contributed by atoms with Crippen LogP contribution in [-0.2, 0) is 20.6 Å². The molecule has 1 saturated heterocycles. The minimum Gasteiger partial charge on any atom is -0.422 e. The minimum atomic E-state index is -4.85. The van der Waals surface area contributed by atoms with E-state index in [-0.39, 0.29) is 29.6 Å². The van der Waals surface area contributed by atoms with Crippen molar-refractivity contribution in [2.75, 3.05) is 11.9 Å². The van der Waals surface area contributed by atoms with Crippen LogP contribution in [0.2, 0.25) is 0 Å². The van der Waals surface area contributed by atoms with Gasteiger partial charge in [-0.25, -0.2) is 4.79 Å². The molecule has 3 amide bonds. The number of rotatable bonds is 5. The predicted octanol–water partition coefficient (Wildman–Crippen LogP) is 0.944. The lowest BCUT2D eigenvalue weighted by Crippen LogP contribution is -2.50. The van der Waals surface area contributed by atoms with E-state index in [9.17, 15) is 32.3 Å². The van der Waals surface area contributed by atoms with Gasteiger partial charge in [0.15, 0.2) is 0 Å². The van der Waals surface area contributed by atoms with E-state index < -0.39 is 47.2 Å². The van der Waals surface area contributed by atoms with Crippen molar-refractivity contribution in [3.05, 3.63) is 40.2 Å². The molecule has 1 aromatic heterocycles. The van der Waals surface area contributed by atoms with E-state index in [1.54, 1.807) is 0 Å². The number of hydrogen-bond donors (Lipinski definition) is 3. The summed E-state index contributed by atoms with van der Waals surface area (Å²) in [5.74, 6) is -1.88. The Morgan fingerprint density at radius 1 is 1.26 bits per heavy atom. The molecule has 1 aromatic carbocycles. The van der Waals surface area contributed by atoms with Crippen LogP contribution in [0.15, 0.2) is 33.5 Å². The van der Waals surface area contributed by atoms with Crippen molar-refractivity contribution in [2.24, 2.45) is 11.5 Å². The quantitative estimate of drug-likeness (QED) is 0.590. The SMILES string of the molecule is NC(=O)C[C@H](N)C(=O)N1CCC[C@H]1C(=O)Nc1ccc2cc(C(F)(F)F)c(=O)oc2c1. The van der Waals surface area contributed by atoms with Crippen LogP contribution in [0.3, 0.4) is 0 Å². The highest BCUT2D eigenvalue weighted by molar-refractivity contribution is 5.99. The van der Waals surface area contributed by atoms with Gasteiger partial charge in [0.2, 0.25) is 17.7 Å². The first kappa shape index (κ1) is 22.3. The Bertz CT molecular complexity index is 1100. The van der Waals surface area contributed by atoms with Gasteiger partial charge < -0.3 is 26.1 Å². The second-order valence-corrected chi connectivity index (χ2v) is 7.15. The first-order valence-electron chi connectivity index (χ1n) is 9.27. The number of likely N-dealkylation sites (tertiary alicyclic amines) is 1. The number of carbonyl (C=O) groups is 3. The van der Waals surface area contributed by atoms with E-state index in [2.05, 4.69) is 5.32 Å². The second-order valence-electron chi connectivity index (χ2n) is 7.15. The summed E-state index contributed by atoms with van der Waals surface area (Å²) in [5.41, 5.74) is 7.80. The first-order valence-corrected chi connectivity index (χ1v) is 9.27. The van der Waals surface area contributed by atoms with Gasteiger partial charge in [0.05, 0.1) is 12.5 Å². The normalized spacial score (nSPS) is 17.5. The Hall–Kier alpha value is -3.41. The highest BCUT2D eigenvalue weighted by atomic mass is 19.4. The average molecular weight is 440 g/mol. The standard InChI is InChI=1S/C19H19F3N4O5/c20-19(21,22)11-6-9-3-4-10(7-14(9)31-18(11)30)25-16(28)13-2-1-5-26(13)17(29)12(23)8-15(24)27/h3-4,6-7,12-13H,1-2,5,8,23H2,(H2,24,27)(H,25,28)/t12-,13-/m0/s1. The molecule has 0 radical (unpaired) electrons. The Morgan fingerprint density at radius 3 is 2.61 bits per heavy atom. The summed E-state index contributed by atoms with van der Waals surface area (Å²) in [6.07, 6.45) is -4.30. The molecule has 2 heterocycles. The molecule has 0 unspecified atom stereocenters. The zero-order valence-corrected chi connectivity index (χ0v) is 16.1. The summed E-state index contributed by atoms with van der Waals surface area (Å²) in [5, 5.41) is 2.58. The fourth-order valence-corrected chi connectivity index (χ4v) is 3.43. The monoisotopic (exact) mass is 440 g/mol. The van der Waals surface area contributed by atoms with Gasteiger partial charge in [0.25, 0.3) is 0 Å². The molecule has 5 N–H and O–H groups in total. The van der Waals surface area contributed by atoms with E-state index in [4.69, 9.17) is 15.9 Å². The number of nitrogens with zero attached hydrogens (tertiary/aromatic N) is 1. The Kier molecular flexibility index (Phi) is 6.02. The average Bonchev–Trinajstić information content (AvgIpc) is 3.15. The van der Waals surface area contributed by atoms with Gasteiger partial charge in [-0.2, -0.15) is 13.2 Å². The largest absolute Gasteiger partial charge is 0.423 e. The molecule has 31 heavy (non-hydrogen) atoms. The van der Waals surface area contributed by atoms with Gasteiger partial charge in [-0.1, -0.05) is 0 Å². The number of halogens is 3. The van der Waals surface area contributed by atoms with Crippen molar-refractivity contribution < 1.29 is 32.0 Å². The summed E-state index contributed by atoms with van der Waals surface area (Å²) < 4.78 is 43.3. The second kappa shape index (κ2) is 8.38. The molecule has 2 aromatic rings. The molecule has 3 rings (SSSR count). The fraction of sp³-hybridized carbons (Fsp3) is 0.368. The van der Waals surface area contributed by atoms with E-state index in [0.717, 1.165) is 0 Å². The molecule has 1 aliphatic heterocycles. The van der Waals surface area contributed by atoms with E-state index in [1.807, 2.05) is 0 Å². The van der Waals surface area contributed by atoms with Gasteiger partial charge in [0.1, 0.15) is 17.2 Å². The Labute approximate surface area is 173 Å². The van der Waals surface area contributed by atoms with Crippen LogP contribution < -0.4 is 22.4 Å². The topological polar surface area (TPSA) is 149 Å². The maximum atomic E-state index is 12.8. The first-order chi connectivity index (χ1) is 14.5. The minimum absolute atomic E-state index is 0.0278. The Morgan fingerprint density at radius 2 is 1.97 bits per heavy atom. The van der Waals surface area contributed by atoms with E-state index >= 15 is 0 Å². The molecule has 0 saturated carbocycles. The van der Waals surface area contributed by atoms with E-state index in [0.29, 0.717) is 18.9 Å². The molecular weight excluding hydrogens is 421 g/mol. The third kappa shape index (κ3) is 4.85. The van der Waals surface area contributed by atoms with Gasteiger partial charge in [-0.05, 0) is 31.0 Å². The van der Waals surface area contributed by atoms with Crippen molar-refractivity contribution in [2.45, 2.75) is 37.5 Å².